The lowest BCUT2D eigenvalue weighted by Crippen LogP contribution is -2.33. The second-order valence-corrected chi connectivity index (χ2v) is 9.53. The van der Waals surface area contributed by atoms with Crippen molar-refractivity contribution >= 4 is 6.09 Å². The summed E-state index contributed by atoms with van der Waals surface area (Å²) in [6, 6.07) is 0. The van der Waals surface area contributed by atoms with Gasteiger partial charge in [0.25, 0.3) is 0 Å². The van der Waals surface area contributed by atoms with Crippen LogP contribution in [0.25, 0.3) is 0 Å². The fourth-order valence-electron chi connectivity index (χ4n) is 3.79. The van der Waals surface area contributed by atoms with Crippen LogP contribution in [-0.2, 0) is 14.2 Å². The lowest BCUT2D eigenvalue weighted by atomic mass is 10.0. The number of hydrogen-bond acceptors (Lipinski definition) is 5. The van der Waals surface area contributed by atoms with Gasteiger partial charge in [-0.25, -0.2) is 4.79 Å². The molecule has 0 aromatic rings. The number of nitrogens with one attached hydrogen (secondary N) is 1. The van der Waals surface area contributed by atoms with Gasteiger partial charge in [-0.1, -0.05) is 90.4 Å². The molecule has 198 valence electrons. The molecule has 6 heteroatoms. The summed E-state index contributed by atoms with van der Waals surface area (Å²) in [5, 5.41) is 2.50. The summed E-state index contributed by atoms with van der Waals surface area (Å²) >= 11 is 0. The van der Waals surface area contributed by atoms with E-state index < -0.39 is 6.09 Å². The fourth-order valence-corrected chi connectivity index (χ4v) is 3.79. The third kappa shape index (κ3) is 25.6. The zero-order valence-electron chi connectivity index (χ0n) is 22.5. The van der Waals surface area contributed by atoms with Gasteiger partial charge in [-0.2, -0.15) is 0 Å². The Morgan fingerprint density at radius 2 is 1.12 bits per heavy atom. The molecule has 0 aliphatic rings. The number of ether oxygens (including phenoxy) is 3. The second-order valence-electron chi connectivity index (χ2n) is 9.53. The molecule has 0 aromatic carbocycles. The monoisotopic (exact) mass is 472 g/mol. The number of unbranched alkanes of at least 4 members (excludes halogenated alkanes) is 14. The van der Waals surface area contributed by atoms with Crippen molar-refractivity contribution in [1.82, 2.24) is 10.2 Å². The Balaban J connectivity index is 3.56. The zero-order valence-corrected chi connectivity index (χ0v) is 22.5. The number of carbonyl (C=O) groups excluding carboxylic acids is 1. The number of rotatable bonds is 25. The van der Waals surface area contributed by atoms with Crippen molar-refractivity contribution in [3.63, 3.8) is 0 Å². The van der Waals surface area contributed by atoms with Crippen LogP contribution < -0.4 is 5.32 Å². The van der Waals surface area contributed by atoms with E-state index in [0.29, 0.717) is 26.4 Å². The molecule has 1 N–H and O–H groups in total. The zero-order chi connectivity index (χ0) is 24.4. The van der Waals surface area contributed by atoms with E-state index in [4.69, 9.17) is 14.2 Å². The third-order valence-corrected chi connectivity index (χ3v) is 5.87. The minimum Gasteiger partial charge on any atom is -0.441 e. The van der Waals surface area contributed by atoms with E-state index >= 15 is 0 Å². The van der Waals surface area contributed by atoms with Crippen LogP contribution in [-0.4, -0.2) is 71.2 Å². The Morgan fingerprint density at radius 3 is 1.55 bits per heavy atom. The average molecular weight is 473 g/mol. The van der Waals surface area contributed by atoms with Gasteiger partial charge in [0.15, 0.2) is 6.10 Å². The van der Waals surface area contributed by atoms with Gasteiger partial charge in [-0.3, -0.25) is 0 Å². The van der Waals surface area contributed by atoms with Gasteiger partial charge in [-0.15, -0.1) is 0 Å². The molecule has 0 bridgehead atoms. The van der Waals surface area contributed by atoms with Gasteiger partial charge in [0, 0.05) is 20.3 Å². The van der Waals surface area contributed by atoms with Crippen molar-refractivity contribution in [3.8, 4) is 0 Å². The topological polar surface area (TPSA) is 60.0 Å². The first-order valence-corrected chi connectivity index (χ1v) is 13.8. The highest BCUT2D eigenvalue weighted by molar-refractivity contribution is 5.66. The number of alkyl carbamates (subject to hydrolysis) is 1. The van der Waals surface area contributed by atoms with Crippen LogP contribution in [0.2, 0.25) is 0 Å². The number of amides is 1. The largest absolute Gasteiger partial charge is 0.441 e. The third-order valence-electron chi connectivity index (χ3n) is 5.87. The Bertz CT molecular complexity index is 408. The summed E-state index contributed by atoms with van der Waals surface area (Å²) < 4.78 is 16.8. The highest BCUT2D eigenvalue weighted by atomic mass is 16.6. The predicted octanol–water partition coefficient (Wildman–Crippen LogP) is 6.57. The second kappa shape index (κ2) is 25.8. The van der Waals surface area contributed by atoms with Crippen molar-refractivity contribution in [1.29, 1.82) is 0 Å². The molecule has 33 heavy (non-hydrogen) atoms. The van der Waals surface area contributed by atoms with E-state index in [1.807, 2.05) is 0 Å². The minimum atomic E-state index is -0.434. The molecule has 1 unspecified atom stereocenters. The Morgan fingerprint density at radius 1 is 0.697 bits per heavy atom. The normalized spacial score (nSPS) is 12.3. The number of carbonyl (C=O) groups is 1. The van der Waals surface area contributed by atoms with E-state index in [-0.39, 0.29) is 6.10 Å². The summed E-state index contributed by atoms with van der Waals surface area (Å²) in [6.45, 7) is 5.51. The van der Waals surface area contributed by atoms with Crippen molar-refractivity contribution in [3.05, 3.63) is 0 Å². The predicted molar refractivity (Wildman–Crippen MR) is 139 cm³/mol. The molecule has 0 aliphatic heterocycles. The Labute approximate surface area is 205 Å². The van der Waals surface area contributed by atoms with E-state index in [1.165, 1.54) is 83.5 Å². The molecular weight excluding hydrogens is 416 g/mol. The standard InChI is InChI=1S/C27H56N2O4/c1-5-6-7-8-9-10-11-12-13-14-15-16-17-19-22-31-24-26(33-27(30)28-2)25-32-23-20-18-21-29(3)4/h26H,5-25H2,1-4H3,(H,28,30). The summed E-state index contributed by atoms with van der Waals surface area (Å²) in [5.74, 6) is 0. The van der Waals surface area contributed by atoms with Gasteiger partial charge in [0.05, 0.1) is 13.2 Å². The SMILES string of the molecule is CCCCCCCCCCCCCCCCOCC(COCCCCN(C)C)OC(=O)NC. The molecular formula is C27H56N2O4. The van der Waals surface area contributed by atoms with Crippen LogP contribution in [0.15, 0.2) is 0 Å². The Hall–Kier alpha value is -0.850. The maximum atomic E-state index is 11.6. The highest BCUT2D eigenvalue weighted by Crippen LogP contribution is 2.13. The molecule has 0 aliphatic carbocycles. The first kappa shape index (κ1) is 32.1. The van der Waals surface area contributed by atoms with E-state index in [1.54, 1.807) is 7.05 Å². The minimum absolute atomic E-state index is 0.356. The van der Waals surface area contributed by atoms with E-state index in [9.17, 15) is 4.79 Å². The molecule has 0 heterocycles. The molecule has 0 fully saturated rings. The van der Waals surface area contributed by atoms with Gasteiger partial charge < -0.3 is 24.4 Å². The van der Waals surface area contributed by atoms with E-state index in [2.05, 4.69) is 31.2 Å². The molecule has 0 rings (SSSR count). The van der Waals surface area contributed by atoms with Crippen LogP contribution in [0.3, 0.4) is 0 Å². The number of hydrogen-bond donors (Lipinski definition) is 1. The maximum Gasteiger partial charge on any atom is 0.407 e. The van der Waals surface area contributed by atoms with Crippen LogP contribution >= 0.6 is 0 Å². The van der Waals surface area contributed by atoms with Crippen LogP contribution in [0.1, 0.15) is 110 Å². The smallest absolute Gasteiger partial charge is 0.407 e. The van der Waals surface area contributed by atoms with Gasteiger partial charge in [0.1, 0.15) is 0 Å². The molecule has 1 amide bonds. The van der Waals surface area contributed by atoms with Gasteiger partial charge in [0.2, 0.25) is 0 Å². The van der Waals surface area contributed by atoms with Crippen LogP contribution in [0.4, 0.5) is 4.79 Å². The quantitative estimate of drug-likeness (QED) is 0.152. The fraction of sp³-hybridized carbons (Fsp3) is 0.963. The van der Waals surface area contributed by atoms with Crippen LogP contribution in [0, 0.1) is 0 Å². The molecule has 0 aromatic heterocycles. The first-order chi connectivity index (χ1) is 16.1. The molecule has 0 saturated heterocycles. The maximum absolute atomic E-state index is 11.6. The molecule has 6 nitrogen and oxygen atoms in total. The van der Waals surface area contributed by atoms with Crippen LogP contribution in [0.5, 0.6) is 0 Å². The van der Waals surface area contributed by atoms with Crippen molar-refractivity contribution < 1.29 is 19.0 Å². The lowest BCUT2D eigenvalue weighted by Gasteiger charge is -2.18. The van der Waals surface area contributed by atoms with Crippen molar-refractivity contribution in [2.75, 3.05) is 54.1 Å². The molecule has 0 saturated carbocycles. The number of nitrogens with zero attached hydrogens (tertiary/aromatic N) is 1. The van der Waals surface area contributed by atoms with Gasteiger partial charge >= 0.3 is 6.09 Å². The summed E-state index contributed by atoms with van der Waals surface area (Å²) in [7, 11) is 5.71. The molecule has 1 atom stereocenters. The van der Waals surface area contributed by atoms with Crippen molar-refractivity contribution in [2.24, 2.45) is 0 Å². The van der Waals surface area contributed by atoms with Crippen molar-refractivity contribution in [2.45, 2.75) is 116 Å². The summed E-state index contributed by atoms with van der Waals surface area (Å²) in [4.78, 5) is 13.7. The average Bonchev–Trinajstić information content (AvgIpc) is 2.80. The summed E-state index contributed by atoms with van der Waals surface area (Å²) in [5.41, 5.74) is 0. The lowest BCUT2D eigenvalue weighted by molar-refractivity contribution is -0.0288. The Kier molecular flexibility index (Phi) is 25.1. The molecule has 0 radical (unpaired) electrons. The summed E-state index contributed by atoms with van der Waals surface area (Å²) in [6.07, 6.45) is 20.2. The highest BCUT2D eigenvalue weighted by Gasteiger charge is 2.14. The van der Waals surface area contributed by atoms with Gasteiger partial charge in [-0.05, 0) is 39.9 Å². The van der Waals surface area contributed by atoms with E-state index in [0.717, 1.165) is 25.8 Å². The molecule has 0 spiro atoms. The first-order valence-electron chi connectivity index (χ1n) is 13.8.